The average molecular weight is 455 g/mol. The Bertz CT molecular complexity index is 947. The average Bonchev–Trinajstić information content (AvgIpc) is 2.81. The van der Waals surface area contributed by atoms with Gasteiger partial charge in [-0.05, 0) is 47.9 Å². The second-order valence-electron chi connectivity index (χ2n) is 7.68. The van der Waals surface area contributed by atoms with E-state index >= 15 is 0 Å². The topological polar surface area (TPSA) is 137 Å². The van der Waals surface area contributed by atoms with Crippen molar-refractivity contribution in [1.29, 1.82) is 0 Å². The fourth-order valence-corrected chi connectivity index (χ4v) is 2.87. The molecule has 0 aliphatic rings. The first-order chi connectivity index (χ1) is 15.4. The zero-order valence-electron chi connectivity index (χ0n) is 18.3. The van der Waals surface area contributed by atoms with E-state index in [9.17, 15) is 14.7 Å². The van der Waals surface area contributed by atoms with Gasteiger partial charge in [-0.15, -0.1) is 0 Å². The van der Waals surface area contributed by atoms with Gasteiger partial charge < -0.3 is 21.5 Å². The van der Waals surface area contributed by atoms with Crippen LogP contribution in [-0.4, -0.2) is 47.4 Å². The maximum Gasteiger partial charge on any atom is 0.267 e. The molecular formula is C25H34N4O4. The molecule has 2 aromatic carbocycles. The lowest BCUT2D eigenvalue weighted by Gasteiger charge is -2.19. The van der Waals surface area contributed by atoms with Crippen LogP contribution >= 0.6 is 0 Å². The molecule has 0 aliphatic heterocycles. The summed E-state index contributed by atoms with van der Waals surface area (Å²) in [4.78, 5) is 23.6. The van der Waals surface area contributed by atoms with Crippen molar-refractivity contribution in [3.63, 3.8) is 0 Å². The molecule has 33 heavy (non-hydrogen) atoms. The minimum atomic E-state index is -1.02. The van der Waals surface area contributed by atoms with Crippen molar-refractivity contribution in [3.05, 3.63) is 70.8 Å². The number of aliphatic hydroxyl groups is 1. The van der Waals surface area contributed by atoms with Crippen LogP contribution in [0.1, 0.15) is 48.3 Å². The van der Waals surface area contributed by atoms with Crippen LogP contribution in [0, 0.1) is 17.8 Å². The van der Waals surface area contributed by atoms with Gasteiger partial charge in [0.05, 0.1) is 6.61 Å². The molecule has 2 atom stereocenters. The summed E-state index contributed by atoms with van der Waals surface area (Å²) in [6.07, 6.45) is 0. The van der Waals surface area contributed by atoms with Crippen LogP contribution in [0.15, 0.2) is 48.5 Å². The highest BCUT2D eigenvalue weighted by Crippen LogP contribution is 2.08. The summed E-state index contributed by atoms with van der Waals surface area (Å²) in [5, 5.41) is 23.9. The standard InChI is InChI=1S/C24H30N4O4.CH4/c1-16(2)22(15-29)26-14-19-7-5-17(6-8-19)3-4-18-9-11-20(12-10-18)23(30)27-21(13-25)24(31)28-32;/h5-12,16,21-22,26,29,32H,13-15,25H2,1-2H3,(H,27,30)(H,28,31);1H4/t21-,22?;/m0./s1. The number of hydrogen-bond acceptors (Lipinski definition) is 6. The summed E-state index contributed by atoms with van der Waals surface area (Å²) < 4.78 is 0. The Hall–Kier alpha value is -3.22. The van der Waals surface area contributed by atoms with Crippen molar-refractivity contribution in [2.24, 2.45) is 11.7 Å². The van der Waals surface area contributed by atoms with Crippen LogP contribution in [0.25, 0.3) is 0 Å². The summed E-state index contributed by atoms with van der Waals surface area (Å²) in [6, 6.07) is 13.5. The van der Waals surface area contributed by atoms with Gasteiger partial charge in [0.15, 0.2) is 0 Å². The maximum absolute atomic E-state index is 12.2. The molecule has 0 saturated carbocycles. The highest BCUT2D eigenvalue weighted by molar-refractivity contribution is 5.97. The lowest BCUT2D eigenvalue weighted by atomic mass is 10.0. The third-order valence-electron chi connectivity index (χ3n) is 4.99. The van der Waals surface area contributed by atoms with Crippen molar-refractivity contribution in [1.82, 2.24) is 16.1 Å². The maximum atomic E-state index is 12.2. The van der Waals surface area contributed by atoms with Gasteiger partial charge in [0.2, 0.25) is 0 Å². The molecule has 2 amide bonds. The number of rotatable bonds is 9. The van der Waals surface area contributed by atoms with Crippen LogP contribution in [0.4, 0.5) is 0 Å². The smallest absolute Gasteiger partial charge is 0.267 e. The third kappa shape index (κ3) is 8.67. The van der Waals surface area contributed by atoms with E-state index in [0.717, 1.165) is 16.7 Å². The van der Waals surface area contributed by atoms with Crippen molar-refractivity contribution < 1.29 is 19.9 Å². The van der Waals surface area contributed by atoms with Crippen LogP contribution in [0.3, 0.4) is 0 Å². The molecule has 1 unspecified atom stereocenters. The number of benzene rings is 2. The molecule has 0 bridgehead atoms. The van der Waals surface area contributed by atoms with E-state index < -0.39 is 17.9 Å². The molecule has 0 radical (unpaired) electrons. The lowest BCUT2D eigenvalue weighted by Crippen LogP contribution is -2.50. The molecular weight excluding hydrogens is 420 g/mol. The summed E-state index contributed by atoms with van der Waals surface area (Å²) in [6.45, 7) is 4.77. The van der Waals surface area contributed by atoms with Crippen LogP contribution in [-0.2, 0) is 11.3 Å². The molecule has 2 aromatic rings. The Morgan fingerprint density at radius 2 is 1.55 bits per heavy atom. The van der Waals surface area contributed by atoms with E-state index in [1.165, 1.54) is 5.48 Å². The zero-order valence-corrected chi connectivity index (χ0v) is 18.3. The highest BCUT2D eigenvalue weighted by atomic mass is 16.5. The number of hydroxylamine groups is 1. The van der Waals surface area contributed by atoms with Crippen LogP contribution in [0.5, 0.6) is 0 Å². The normalized spacial score (nSPS) is 12.1. The lowest BCUT2D eigenvalue weighted by molar-refractivity contribution is -0.130. The Morgan fingerprint density at radius 1 is 1.00 bits per heavy atom. The van der Waals surface area contributed by atoms with E-state index in [1.807, 2.05) is 24.3 Å². The molecule has 7 N–H and O–H groups in total. The number of nitrogens with two attached hydrogens (primary N) is 1. The molecule has 0 aliphatic carbocycles. The Morgan fingerprint density at radius 3 is 2.00 bits per heavy atom. The fraction of sp³-hybridized carbons (Fsp3) is 0.360. The van der Waals surface area contributed by atoms with Gasteiger partial charge >= 0.3 is 0 Å². The predicted molar refractivity (Wildman–Crippen MR) is 128 cm³/mol. The van der Waals surface area contributed by atoms with Gasteiger partial charge in [-0.3, -0.25) is 14.8 Å². The van der Waals surface area contributed by atoms with E-state index in [0.29, 0.717) is 18.0 Å². The number of carbonyl (C=O) groups is 2. The quantitative estimate of drug-likeness (QED) is 0.192. The van der Waals surface area contributed by atoms with Gasteiger partial charge in [0.25, 0.3) is 11.8 Å². The SMILES string of the molecule is C.CC(C)C(CO)NCc1ccc(C#Cc2ccc(C(=O)N[C@@H](CN)C(=O)NO)cc2)cc1. The van der Waals surface area contributed by atoms with E-state index in [-0.39, 0.29) is 26.6 Å². The minimum absolute atomic E-state index is 0. The summed E-state index contributed by atoms with van der Waals surface area (Å²) in [5.41, 5.74) is 9.95. The van der Waals surface area contributed by atoms with Gasteiger partial charge in [-0.2, -0.15) is 0 Å². The number of nitrogens with one attached hydrogen (secondary N) is 3. The van der Waals surface area contributed by atoms with Gasteiger partial charge in [-0.25, -0.2) is 5.48 Å². The zero-order chi connectivity index (χ0) is 23.5. The number of aliphatic hydroxyl groups excluding tert-OH is 1. The van der Waals surface area contributed by atoms with Gasteiger partial charge in [-0.1, -0.05) is 45.2 Å². The molecule has 178 valence electrons. The number of carbonyl (C=O) groups excluding carboxylic acids is 2. The fourth-order valence-electron chi connectivity index (χ4n) is 2.87. The van der Waals surface area contributed by atoms with Crippen molar-refractivity contribution in [3.8, 4) is 11.8 Å². The summed E-state index contributed by atoms with van der Waals surface area (Å²) in [7, 11) is 0. The molecule has 0 heterocycles. The number of hydrogen-bond donors (Lipinski definition) is 6. The van der Waals surface area contributed by atoms with E-state index in [2.05, 4.69) is 36.3 Å². The van der Waals surface area contributed by atoms with Crippen molar-refractivity contribution >= 4 is 11.8 Å². The Kier molecular flexibility index (Phi) is 11.8. The van der Waals surface area contributed by atoms with Gasteiger partial charge in [0, 0.05) is 35.8 Å². The molecule has 2 rings (SSSR count). The van der Waals surface area contributed by atoms with Crippen LogP contribution < -0.4 is 21.8 Å². The van der Waals surface area contributed by atoms with Crippen molar-refractivity contribution in [2.45, 2.75) is 39.9 Å². The highest BCUT2D eigenvalue weighted by Gasteiger charge is 2.19. The van der Waals surface area contributed by atoms with E-state index in [4.69, 9.17) is 10.9 Å². The third-order valence-corrected chi connectivity index (χ3v) is 4.99. The second-order valence-corrected chi connectivity index (χ2v) is 7.68. The van der Waals surface area contributed by atoms with Gasteiger partial charge in [0.1, 0.15) is 6.04 Å². The molecule has 0 spiro atoms. The first-order valence-corrected chi connectivity index (χ1v) is 10.4. The molecule has 0 aromatic heterocycles. The Labute approximate surface area is 195 Å². The molecule has 0 fully saturated rings. The summed E-state index contributed by atoms with van der Waals surface area (Å²) in [5.74, 6) is 5.23. The largest absolute Gasteiger partial charge is 0.395 e. The predicted octanol–water partition coefficient (Wildman–Crippen LogP) is 1.39. The monoisotopic (exact) mass is 454 g/mol. The first-order valence-electron chi connectivity index (χ1n) is 10.4. The minimum Gasteiger partial charge on any atom is -0.395 e. The molecule has 8 heteroatoms. The van der Waals surface area contributed by atoms with E-state index in [1.54, 1.807) is 24.3 Å². The number of amides is 2. The van der Waals surface area contributed by atoms with Crippen molar-refractivity contribution in [2.75, 3.05) is 13.2 Å². The second kappa shape index (κ2) is 14.0. The molecule has 8 nitrogen and oxygen atoms in total. The molecule has 0 saturated heterocycles. The first kappa shape index (κ1) is 27.8. The summed E-state index contributed by atoms with van der Waals surface area (Å²) >= 11 is 0. The van der Waals surface area contributed by atoms with Crippen LogP contribution in [0.2, 0.25) is 0 Å². The Balaban J connectivity index is 0.00000544.